The number of fused-ring (bicyclic) bond motifs is 3. The first-order chi connectivity index (χ1) is 23.1. The van der Waals surface area contributed by atoms with Gasteiger partial charge in [-0.25, -0.2) is 4.98 Å². The molecule has 3 aliphatic rings. The number of methoxy groups -OCH3 is 1. The minimum absolute atomic E-state index is 0.000354. The lowest BCUT2D eigenvalue weighted by atomic mass is 10.1. The maximum atomic E-state index is 13.6. The molecule has 10 nitrogen and oxygen atoms in total. The Bertz CT molecular complexity index is 1760. The molecule has 0 radical (unpaired) electrons. The molecule has 4 aromatic rings. The van der Waals surface area contributed by atoms with Crippen LogP contribution < -0.4 is 9.47 Å². The Morgan fingerprint density at radius 1 is 0.915 bits per heavy atom. The number of hydrogen-bond acceptors (Lipinski definition) is 7. The number of hydrogen-bond donors (Lipinski definition) is 0. The summed E-state index contributed by atoms with van der Waals surface area (Å²) < 4.78 is 13.7. The van der Waals surface area contributed by atoms with E-state index in [1.54, 1.807) is 13.2 Å². The number of rotatable bonds is 11. The highest BCUT2D eigenvalue weighted by Crippen LogP contribution is 2.38. The van der Waals surface area contributed by atoms with Gasteiger partial charge >= 0.3 is 0 Å². The SMILES string of the molecule is COc1cc2c(cc1OCCCCCCN1CCN(C(=O)c3nc(-c4ccccc4)n4ccccc34)CC1)N=C[C@@H]1CCCN1C2=O. The van der Waals surface area contributed by atoms with Crippen LogP contribution in [0, 0.1) is 0 Å². The van der Waals surface area contributed by atoms with E-state index in [1.807, 2.05) is 81.2 Å². The van der Waals surface area contributed by atoms with Gasteiger partial charge in [-0.3, -0.25) is 23.9 Å². The van der Waals surface area contributed by atoms with Crippen LogP contribution >= 0.6 is 0 Å². The molecule has 2 aromatic heterocycles. The molecular formula is C37H42N6O4. The quantitative estimate of drug-likeness (QED) is 0.196. The third-order valence-corrected chi connectivity index (χ3v) is 9.53. The normalized spacial score (nSPS) is 17.9. The minimum Gasteiger partial charge on any atom is -0.493 e. The lowest BCUT2D eigenvalue weighted by Crippen LogP contribution is -2.49. The first-order valence-electron chi connectivity index (χ1n) is 16.8. The molecule has 2 saturated heterocycles. The number of ether oxygens (including phenoxy) is 2. The summed E-state index contributed by atoms with van der Waals surface area (Å²) in [5.74, 6) is 2.00. The van der Waals surface area contributed by atoms with Gasteiger partial charge in [-0.15, -0.1) is 0 Å². The predicted molar refractivity (Wildman–Crippen MR) is 182 cm³/mol. The van der Waals surface area contributed by atoms with Gasteiger partial charge in [-0.2, -0.15) is 0 Å². The van der Waals surface area contributed by atoms with Crippen LogP contribution in [0.15, 0.2) is 71.9 Å². The number of aliphatic imine (C=N–C) groups is 1. The molecular weight excluding hydrogens is 592 g/mol. The van der Waals surface area contributed by atoms with Gasteiger partial charge in [-0.05, 0) is 50.4 Å². The standard InChI is InChI=1S/C37H42N6O4/c1-46-32-24-29-30(38-26-28-14-11-18-42(28)36(29)44)25-33(32)47-23-10-3-2-8-16-40-19-21-41(22-20-40)37(45)34-31-15-7-9-17-43(31)35(39-34)27-12-5-4-6-13-27/h4-7,9,12-13,15,17,24-26,28H,2-3,8,10-11,14,16,18-23H2,1H3/t28-/m0/s1. The van der Waals surface area contributed by atoms with E-state index in [-0.39, 0.29) is 17.9 Å². The molecule has 0 aliphatic carbocycles. The number of nitrogens with zero attached hydrogens (tertiary/aromatic N) is 6. The molecule has 1 atom stereocenters. The summed E-state index contributed by atoms with van der Waals surface area (Å²) in [6.07, 6.45) is 10.1. The van der Waals surface area contributed by atoms with Crippen molar-refractivity contribution >= 4 is 29.2 Å². The van der Waals surface area contributed by atoms with Crippen molar-refractivity contribution in [3.05, 3.63) is 78.1 Å². The molecule has 0 N–H and O–H groups in total. The third-order valence-electron chi connectivity index (χ3n) is 9.53. The molecule has 2 aromatic carbocycles. The molecule has 5 heterocycles. The highest BCUT2D eigenvalue weighted by molar-refractivity contribution is 6.03. The number of amides is 2. The van der Waals surface area contributed by atoms with Gasteiger partial charge < -0.3 is 19.3 Å². The van der Waals surface area contributed by atoms with Gasteiger partial charge in [0, 0.05) is 56.8 Å². The lowest BCUT2D eigenvalue weighted by molar-refractivity contribution is 0.0631. The van der Waals surface area contributed by atoms with Crippen LogP contribution in [0.5, 0.6) is 11.5 Å². The molecule has 0 saturated carbocycles. The molecule has 10 heteroatoms. The second kappa shape index (κ2) is 14.0. The highest BCUT2D eigenvalue weighted by atomic mass is 16.5. The summed E-state index contributed by atoms with van der Waals surface area (Å²) in [4.78, 5) is 42.4. The second-order valence-electron chi connectivity index (χ2n) is 12.5. The summed E-state index contributed by atoms with van der Waals surface area (Å²) in [5.41, 5.74) is 3.58. The fourth-order valence-corrected chi connectivity index (χ4v) is 6.90. The van der Waals surface area contributed by atoms with Crippen molar-refractivity contribution in [2.24, 2.45) is 4.99 Å². The lowest BCUT2D eigenvalue weighted by Gasteiger charge is -2.34. The van der Waals surface area contributed by atoms with Crippen LogP contribution in [0.3, 0.4) is 0 Å². The number of carbonyl (C=O) groups is 2. The summed E-state index contributed by atoms with van der Waals surface area (Å²) in [6.45, 7) is 5.52. The van der Waals surface area contributed by atoms with Crippen molar-refractivity contribution in [3.63, 3.8) is 0 Å². The molecule has 2 fully saturated rings. The number of unbranched alkanes of at least 4 members (excludes halogenated alkanes) is 3. The topological polar surface area (TPSA) is 92.0 Å². The summed E-state index contributed by atoms with van der Waals surface area (Å²) in [7, 11) is 1.61. The number of imidazole rings is 1. The third kappa shape index (κ3) is 6.47. The van der Waals surface area contributed by atoms with Crippen molar-refractivity contribution in [1.82, 2.24) is 24.1 Å². The molecule has 3 aliphatic heterocycles. The van der Waals surface area contributed by atoms with E-state index < -0.39 is 0 Å². The van der Waals surface area contributed by atoms with Crippen molar-refractivity contribution < 1.29 is 19.1 Å². The van der Waals surface area contributed by atoms with Crippen molar-refractivity contribution in [2.45, 2.75) is 44.6 Å². The van der Waals surface area contributed by atoms with Crippen LogP contribution in [0.1, 0.15) is 59.4 Å². The fourth-order valence-electron chi connectivity index (χ4n) is 6.90. The number of carbonyl (C=O) groups excluding carboxylic acids is 2. The van der Waals surface area contributed by atoms with E-state index in [9.17, 15) is 9.59 Å². The van der Waals surface area contributed by atoms with E-state index in [4.69, 9.17) is 14.5 Å². The van der Waals surface area contributed by atoms with Crippen molar-refractivity contribution in [1.29, 1.82) is 0 Å². The largest absolute Gasteiger partial charge is 0.493 e. The Labute approximate surface area is 275 Å². The Hall–Kier alpha value is -4.70. The van der Waals surface area contributed by atoms with E-state index in [2.05, 4.69) is 9.89 Å². The Morgan fingerprint density at radius 3 is 2.55 bits per heavy atom. The molecule has 2 amide bonds. The zero-order chi connectivity index (χ0) is 32.2. The van der Waals surface area contributed by atoms with Gasteiger partial charge in [0.15, 0.2) is 17.2 Å². The maximum absolute atomic E-state index is 13.6. The zero-order valence-electron chi connectivity index (χ0n) is 27.0. The number of aromatic nitrogens is 2. The average molecular weight is 635 g/mol. The smallest absolute Gasteiger partial charge is 0.274 e. The maximum Gasteiger partial charge on any atom is 0.274 e. The Kier molecular flexibility index (Phi) is 9.19. The number of pyridine rings is 1. The molecule has 244 valence electrons. The van der Waals surface area contributed by atoms with Crippen LogP contribution in [0.2, 0.25) is 0 Å². The number of benzene rings is 2. The fraction of sp³-hybridized carbons (Fsp3) is 0.405. The van der Waals surface area contributed by atoms with E-state index in [0.29, 0.717) is 48.1 Å². The Balaban J connectivity index is 0.850. The van der Waals surface area contributed by atoms with Gasteiger partial charge in [-0.1, -0.05) is 49.2 Å². The van der Waals surface area contributed by atoms with E-state index >= 15 is 0 Å². The molecule has 47 heavy (non-hydrogen) atoms. The first-order valence-corrected chi connectivity index (χ1v) is 16.8. The number of piperazine rings is 1. The second-order valence-corrected chi connectivity index (χ2v) is 12.5. The average Bonchev–Trinajstić information content (AvgIpc) is 3.73. The van der Waals surface area contributed by atoms with Crippen LogP contribution in [-0.4, -0.2) is 101 Å². The minimum atomic E-state index is 0.000354. The van der Waals surface area contributed by atoms with Gasteiger partial charge in [0.1, 0.15) is 5.82 Å². The molecule has 0 unspecified atom stereocenters. The Morgan fingerprint density at radius 2 is 1.72 bits per heavy atom. The van der Waals surface area contributed by atoms with Crippen molar-refractivity contribution in [2.75, 3.05) is 53.0 Å². The highest BCUT2D eigenvalue weighted by Gasteiger charge is 2.32. The van der Waals surface area contributed by atoms with E-state index in [1.165, 1.54) is 0 Å². The van der Waals surface area contributed by atoms with Gasteiger partial charge in [0.25, 0.3) is 11.8 Å². The zero-order valence-corrected chi connectivity index (χ0v) is 27.0. The molecule has 7 rings (SSSR count). The van der Waals surface area contributed by atoms with Gasteiger partial charge in [0.05, 0.1) is 36.5 Å². The monoisotopic (exact) mass is 634 g/mol. The van der Waals surface area contributed by atoms with Crippen LogP contribution in [0.4, 0.5) is 5.69 Å². The summed E-state index contributed by atoms with van der Waals surface area (Å²) >= 11 is 0. The first kappa shape index (κ1) is 30.9. The van der Waals surface area contributed by atoms with Crippen LogP contribution in [0.25, 0.3) is 16.9 Å². The molecule has 0 spiro atoms. The van der Waals surface area contributed by atoms with E-state index in [0.717, 1.165) is 81.6 Å². The van der Waals surface area contributed by atoms with Crippen molar-refractivity contribution in [3.8, 4) is 22.9 Å². The summed E-state index contributed by atoms with van der Waals surface area (Å²) in [5, 5.41) is 0. The molecule has 0 bridgehead atoms. The van der Waals surface area contributed by atoms with Crippen LogP contribution in [-0.2, 0) is 0 Å². The van der Waals surface area contributed by atoms with Gasteiger partial charge in [0.2, 0.25) is 0 Å². The predicted octanol–water partition coefficient (Wildman–Crippen LogP) is 5.73. The summed E-state index contributed by atoms with van der Waals surface area (Å²) in [6, 6.07) is 19.6.